The number of methoxy groups -OCH3 is 1. The van der Waals surface area contributed by atoms with Gasteiger partial charge in [0.15, 0.2) is 5.78 Å². The predicted molar refractivity (Wildman–Crippen MR) is 137 cm³/mol. The maximum absolute atomic E-state index is 14.1. The average molecular weight is 519 g/mol. The van der Waals surface area contributed by atoms with Crippen molar-refractivity contribution in [3.8, 4) is 0 Å². The van der Waals surface area contributed by atoms with Gasteiger partial charge >= 0.3 is 5.97 Å². The smallest absolute Gasteiger partial charge is 0.341 e. The number of fused-ring (bicyclic) bond motifs is 5. The molecule has 7 nitrogen and oxygen atoms in total. The molecule has 2 fully saturated rings. The van der Waals surface area contributed by atoms with E-state index in [9.17, 15) is 19.2 Å². The number of thiophene rings is 2. The number of Topliss-reactive ketones (excluding diaryl/α,β-unsaturated/α-hetero) is 1. The number of anilines is 1. The van der Waals surface area contributed by atoms with E-state index in [0.29, 0.717) is 10.4 Å². The van der Waals surface area contributed by atoms with Gasteiger partial charge < -0.3 is 9.64 Å². The highest BCUT2D eigenvalue weighted by molar-refractivity contribution is 7.17. The maximum atomic E-state index is 14.1. The lowest BCUT2D eigenvalue weighted by molar-refractivity contribution is -0.123. The summed E-state index contributed by atoms with van der Waals surface area (Å²) in [6.07, 6.45) is 3.77. The lowest BCUT2D eigenvalue weighted by Gasteiger charge is -2.35. The zero-order valence-corrected chi connectivity index (χ0v) is 21.4. The number of aryl methyl sites for hydroxylation is 1. The monoisotopic (exact) mass is 518 g/mol. The van der Waals surface area contributed by atoms with Gasteiger partial charge in [-0.25, -0.2) is 9.69 Å². The molecule has 0 bridgehead atoms. The SMILES string of the molecule is COC(=O)c1c(N2C(=O)[C@@H]3[C@H](C2=O)[C@H]2c4ccccc4C=CN2[C@@H]3C(=O)c2cccs2)sc(C)c1C. The number of carbonyl (C=O) groups is 4. The van der Waals surface area contributed by atoms with E-state index in [-0.39, 0.29) is 16.3 Å². The second-order valence-electron chi connectivity index (χ2n) is 9.14. The van der Waals surface area contributed by atoms with Crippen LogP contribution in [0.15, 0.2) is 48.0 Å². The summed E-state index contributed by atoms with van der Waals surface area (Å²) in [7, 11) is 1.28. The van der Waals surface area contributed by atoms with E-state index in [2.05, 4.69) is 0 Å². The summed E-state index contributed by atoms with van der Waals surface area (Å²) >= 11 is 2.55. The van der Waals surface area contributed by atoms with Gasteiger partial charge in [0.25, 0.3) is 0 Å². The first-order valence-corrected chi connectivity index (χ1v) is 13.2. The molecule has 3 aliphatic heterocycles. The standard InChI is InChI=1S/C27H22N2O5S2/c1-13-14(2)36-26(18(13)27(33)34-3)29-24(31)19-20(25(29)32)22(23(30)17-9-6-12-35-17)28-11-10-15-7-4-5-8-16(15)21(19)28/h4-12,19-22H,1-3H3/t19-,20+,21+,22-/m0/s1. The van der Waals surface area contributed by atoms with Crippen LogP contribution in [0.5, 0.6) is 0 Å². The van der Waals surface area contributed by atoms with Crippen molar-refractivity contribution in [2.45, 2.75) is 25.9 Å². The van der Waals surface area contributed by atoms with Gasteiger partial charge in [0.05, 0.1) is 35.4 Å². The highest BCUT2D eigenvalue weighted by atomic mass is 32.1. The second kappa shape index (κ2) is 8.25. The van der Waals surface area contributed by atoms with Crippen molar-refractivity contribution in [3.63, 3.8) is 0 Å². The summed E-state index contributed by atoms with van der Waals surface area (Å²) in [6, 6.07) is 10.0. The molecule has 0 spiro atoms. The number of hydrogen-bond donors (Lipinski definition) is 0. The van der Waals surface area contributed by atoms with Crippen LogP contribution in [-0.4, -0.2) is 41.6 Å². The van der Waals surface area contributed by atoms with Crippen molar-refractivity contribution in [3.05, 3.63) is 80.0 Å². The Morgan fingerprint density at radius 1 is 1.00 bits per heavy atom. The molecule has 0 aliphatic carbocycles. The number of esters is 1. The van der Waals surface area contributed by atoms with Crippen molar-refractivity contribution >= 4 is 57.3 Å². The van der Waals surface area contributed by atoms with E-state index in [1.165, 1.54) is 29.8 Å². The van der Waals surface area contributed by atoms with E-state index < -0.39 is 41.7 Å². The molecule has 3 aromatic rings. The molecule has 36 heavy (non-hydrogen) atoms. The number of benzene rings is 1. The molecule has 2 aromatic heterocycles. The van der Waals surface area contributed by atoms with Crippen LogP contribution in [0.1, 0.15) is 47.6 Å². The number of rotatable bonds is 4. The van der Waals surface area contributed by atoms with Crippen LogP contribution in [0.2, 0.25) is 0 Å². The van der Waals surface area contributed by atoms with Crippen LogP contribution >= 0.6 is 22.7 Å². The maximum Gasteiger partial charge on any atom is 0.341 e. The van der Waals surface area contributed by atoms with Gasteiger partial charge in [-0.1, -0.05) is 30.3 Å². The second-order valence-corrected chi connectivity index (χ2v) is 11.3. The van der Waals surface area contributed by atoms with Crippen molar-refractivity contribution in [1.82, 2.24) is 4.90 Å². The van der Waals surface area contributed by atoms with Crippen molar-refractivity contribution in [2.24, 2.45) is 11.8 Å². The number of hydrogen-bond acceptors (Lipinski definition) is 8. The van der Waals surface area contributed by atoms with Gasteiger partial charge in [-0.15, -0.1) is 22.7 Å². The largest absolute Gasteiger partial charge is 0.465 e. The highest BCUT2D eigenvalue weighted by Gasteiger charge is 2.65. The zero-order chi connectivity index (χ0) is 25.3. The molecule has 2 amide bonds. The molecular formula is C27H22N2O5S2. The Kier molecular flexibility index (Phi) is 5.24. The summed E-state index contributed by atoms with van der Waals surface area (Å²) < 4.78 is 4.98. The molecule has 182 valence electrons. The molecule has 2 saturated heterocycles. The average Bonchev–Trinajstić information content (AvgIpc) is 3.64. The van der Waals surface area contributed by atoms with Crippen LogP contribution in [-0.2, 0) is 14.3 Å². The van der Waals surface area contributed by atoms with Crippen LogP contribution in [0, 0.1) is 25.7 Å². The lowest BCUT2D eigenvalue weighted by Crippen LogP contribution is -2.44. The van der Waals surface area contributed by atoms with E-state index in [0.717, 1.165) is 20.9 Å². The minimum atomic E-state index is -0.874. The molecule has 0 radical (unpaired) electrons. The number of ether oxygens (including phenoxy) is 1. The molecule has 1 aromatic carbocycles. The van der Waals surface area contributed by atoms with Crippen molar-refractivity contribution in [1.29, 1.82) is 0 Å². The topological polar surface area (TPSA) is 84.0 Å². The summed E-state index contributed by atoms with van der Waals surface area (Å²) in [6.45, 7) is 3.62. The fourth-order valence-corrected chi connectivity index (χ4v) is 7.58. The van der Waals surface area contributed by atoms with Crippen LogP contribution < -0.4 is 4.90 Å². The Hall–Kier alpha value is -3.56. The molecule has 9 heteroatoms. The van der Waals surface area contributed by atoms with Crippen LogP contribution in [0.3, 0.4) is 0 Å². The summed E-state index contributed by atoms with van der Waals surface area (Å²) in [4.78, 5) is 59.0. The fourth-order valence-electron chi connectivity index (χ4n) is 5.73. The van der Waals surface area contributed by atoms with Gasteiger partial charge in [0.1, 0.15) is 11.0 Å². The molecule has 0 unspecified atom stereocenters. The molecule has 3 aliphatic rings. The van der Waals surface area contributed by atoms with Crippen molar-refractivity contribution < 1.29 is 23.9 Å². The first-order valence-electron chi connectivity index (χ1n) is 11.5. The minimum absolute atomic E-state index is 0.179. The van der Waals surface area contributed by atoms with Gasteiger partial charge in [-0.05, 0) is 48.1 Å². The quantitative estimate of drug-likeness (QED) is 0.285. The Bertz CT molecular complexity index is 1470. The number of ketones is 1. The van der Waals surface area contributed by atoms with Gasteiger partial charge in [0.2, 0.25) is 11.8 Å². The molecule has 0 saturated carbocycles. The van der Waals surface area contributed by atoms with Crippen molar-refractivity contribution in [2.75, 3.05) is 12.0 Å². The van der Waals surface area contributed by atoms with E-state index in [1.807, 2.05) is 53.7 Å². The Morgan fingerprint density at radius 2 is 1.75 bits per heavy atom. The van der Waals surface area contributed by atoms with Gasteiger partial charge in [-0.3, -0.25) is 14.4 Å². The Morgan fingerprint density at radius 3 is 2.47 bits per heavy atom. The molecular weight excluding hydrogens is 496 g/mol. The third-order valence-electron chi connectivity index (χ3n) is 7.45. The Labute approximate surface area is 215 Å². The van der Waals surface area contributed by atoms with Crippen LogP contribution in [0.25, 0.3) is 6.08 Å². The van der Waals surface area contributed by atoms with Gasteiger partial charge in [0, 0.05) is 11.1 Å². The number of amides is 2. The third-order valence-corrected chi connectivity index (χ3v) is 9.53. The number of imide groups is 1. The summed E-state index contributed by atoms with van der Waals surface area (Å²) in [5.74, 6) is -3.25. The molecule has 0 N–H and O–H groups in total. The zero-order valence-electron chi connectivity index (χ0n) is 19.8. The number of carbonyl (C=O) groups excluding carboxylic acids is 4. The number of nitrogens with zero attached hydrogens (tertiary/aromatic N) is 2. The molecule has 5 heterocycles. The highest BCUT2D eigenvalue weighted by Crippen LogP contribution is 2.55. The molecule has 4 atom stereocenters. The predicted octanol–water partition coefficient (Wildman–Crippen LogP) is 4.61. The van der Waals surface area contributed by atoms with Gasteiger partial charge in [-0.2, -0.15) is 0 Å². The summed E-state index contributed by atoms with van der Waals surface area (Å²) in [5.41, 5.74) is 2.77. The normalized spacial score (nSPS) is 24.1. The van der Waals surface area contributed by atoms with E-state index >= 15 is 0 Å². The fraction of sp³-hybridized carbons (Fsp3) is 0.259. The van der Waals surface area contributed by atoms with E-state index in [1.54, 1.807) is 19.1 Å². The minimum Gasteiger partial charge on any atom is -0.465 e. The van der Waals surface area contributed by atoms with Crippen LogP contribution in [0.4, 0.5) is 5.00 Å². The Balaban J connectivity index is 1.52. The third kappa shape index (κ3) is 3.02. The first-order chi connectivity index (χ1) is 17.3. The summed E-state index contributed by atoms with van der Waals surface area (Å²) in [5, 5.41) is 2.10. The first kappa shape index (κ1) is 22.9. The molecule has 6 rings (SSSR count). The lowest BCUT2D eigenvalue weighted by atomic mass is 9.84. The van der Waals surface area contributed by atoms with E-state index in [4.69, 9.17) is 4.74 Å².